The van der Waals surface area contributed by atoms with Gasteiger partial charge in [-0.25, -0.2) is 4.39 Å². The number of aryl methyl sites for hydroxylation is 2. The van der Waals surface area contributed by atoms with Crippen LogP contribution in [-0.2, 0) is 10.5 Å². The summed E-state index contributed by atoms with van der Waals surface area (Å²) in [6.07, 6.45) is 0. The summed E-state index contributed by atoms with van der Waals surface area (Å²) in [6.45, 7) is 6.56. The van der Waals surface area contributed by atoms with Gasteiger partial charge >= 0.3 is 0 Å². The first-order valence-corrected chi connectivity index (χ1v) is 9.41. The Kier molecular flexibility index (Phi) is 7.31. The molecule has 0 aromatic heterocycles. The zero-order valence-corrected chi connectivity index (χ0v) is 15.7. The van der Waals surface area contributed by atoms with Gasteiger partial charge in [-0.1, -0.05) is 24.3 Å². The van der Waals surface area contributed by atoms with Crippen LogP contribution >= 0.6 is 11.8 Å². The number of hydrogen-bond donors (Lipinski definition) is 1. The number of ether oxygens (including phenoxy) is 1. The van der Waals surface area contributed by atoms with Crippen LogP contribution in [0.4, 0.5) is 4.39 Å². The Morgan fingerprint density at radius 3 is 2.72 bits per heavy atom. The Morgan fingerprint density at radius 1 is 1.20 bits per heavy atom. The molecule has 2 aromatic rings. The zero-order valence-electron chi connectivity index (χ0n) is 14.9. The normalized spacial score (nSPS) is 10.6. The summed E-state index contributed by atoms with van der Waals surface area (Å²) >= 11 is 1.59. The van der Waals surface area contributed by atoms with Gasteiger partial charge in [0.05, 0.1) is 0 Å². The third kappa shape index (κ3) is 6.09. The fourth-order valence-corrected chi connectivity index (χ4v) is 3.25. The molecule has 0 aliphatic rings. The van der Waals surface area contributed by atoms with Crippen LogP contribution in [0.25, 0.3) is 0 Å². The number of halogens is 1. The molecule has 0 radical (unpaired) electrons. The standard InChI is InChI=1S/C20H24FNO2S/c1-14-10-15(2)16(3)19(11-14)24-12-20(23)22-8-9-25-13-17-6-4-5-7-18(17)21/h4-7,10-11H,8-9,12-13H2,1-3H3,(H,22,23). The highest BCUT2D eigenvalue weighted by molar-refractivity contribution is 7.98. The second-order valence-corrected chi connectivity index (χ2v) is 7.09. The van der Waals surface area contributed by atoms with Crippen molar-refractivity contribution in [3.63, 3.8) is 0 Å². The maximum absolute atomic E-state index is 13.5. The third-order valence-corrected chi connectivity index (χ3v) is 4.91. The van der Waals surface area contributed by atoms with Crippen molar-refractivity contribution in [2.45, 2.75) is 26.5 Å². The van der Waals surface area contributed by atoms with Crippen molar-refractivity contribution in [1.29, 1.82) is 0 Å². The minimum Gasteiger partial charge on any atom is -0.483 e. The summed E-state index contributed by atoms with van der Waals surface area (Å²) in [5, 5.41) is 2.82. The van der Waals surface area contributed by atoms with E-state index in [2.05, 4.69) is 11.4 Å². The lowest BCUT2D eigenvalue weighted by atomic mass is 10.1. The SMILES string of the molecule is Cc1cc(C)c(C)c(OCC(=O)NCCSCc2ccccc2F)c1. The van der Waals surface area contributed by atoms with Gasteiger partial charge < -0.3 is 10.1 Å². The van der Waals surface area contributed by atoms with Gasteiger partial charge in [0.1, 0.15) is 11.6 Å². The van der Waals surface area contributed by atoms with Crippen LogP contribution < -0.4 is 10.1 Å². The molecule has 1 amide bonds. The van der Waals surface area contributed by atoms with Crippen LogP contribution in [0.2, 0.25) is 0 Å². The number of hydrogen-bond acceptors (Lipinski definition) is 3. The van der Waals surface area contributed by atoms with E-state index in [-0.39, 0.29) is 18.3 Å². The molecule has 1 N–H and O–H groups in total. The second-order valence-electron chi connectivity index (χ2n) is 5.99. The molecule has 5 heteroatoms. The number of thioether (sulfide) groups is 1. The summed E-state index contributed by atoms with van der Waals surface area (Å²) in [7, 11) is 0. The van der Waals surface area contributed by atoms with Crippen LogP contribution in [0, 0.1) is 26.6 Å². The van der Waals surface area contributed by atoms with E-state index in [0.717, 1.165) is 28.2 Å². The van der Waals surface area contributed by atoms with Crippen molar-refractivity contribution in [2.24, 2.45) is 0 Å². The van der Waals surface area contributed by atoms with Gasteiger partial charge in [-0.05, 0) is 55.2 Å². The largest absolute Gasteiger partial charge is 0.483 e. The van der Waals surface area contributed by atoms with Gasteiger partial charge in [0.25, 0.3) is 5.91 Å². The van der Waals surface area contributed by atoms with Gasteiger partial charge in [-0.3, -0.25) is 4.79 Å². The summed E-state index contributed by atoms with van der Waals surface area (Å²) in [4.78, 5) is 11.9. The summed E-state index contributed by atoms with van der Waals surface area (Å²) in [5.74, 6) is 1.74. The van der Waals surface area contributed by atoms with Gasteiger partial charge in [0.15, 0.2) is 6.61 Å². The van der Waals surface area contributed by atoms with Crippen molar-refractivity contribution < 1.29 is 13.9 Å². The predicted molar refractivity (Wildman–Crippen MR) is 102 cm³/mol. The topological polar surface area (TPSA) is 38.3 Å². The van der Waals surface area contributed by atoms with E-state index in [0.29, 0.717) is 17.9 Å². The molecule has 0 bridgehead atoms. The third-order valence-electron chi connectivity index (χ3n) is 3.91. The molecule has 25 heavy (non-hydrogen) atoms. The molecule has 2 rings (SSSR count). The molecule has 0 fully saturated rings. The lowest BCUT2D eigenvalue weighted by Crippen LogP contribution is -2.30. The smallest absolute Gasteiger partial charge is 0.257 e. The number of amides is 1. The first kappa shape index (κ1) is 19.3. The summed E-state index contributed by atoms with van der Waals surface area (Å²) in [6, 6.07) is 10.8. The number of rotatable bonds is 8. The van der Waals surface area contributed by atoms with Gasteiger partial charge in [-0.2, -0.15) is 11.8 Å². The molecule has 0 saturated carbocycles. The minimum atomic E-state index is -0.184. The summed E-state index contributed by atoms with van der Waals surface area (Å²) in [5.41, 5.74) is 4.01. The van der Waals surface area contributed by atoms with Crippen molar-refractivity contribution in [1.82, 2.24) is 5.32 Å². The number of benzene rings is 2. The zero-order chi connectivity index (χ0) is 18.2. The molecule has 0 saturated heterocycles. The lowest BCUT2D eigenvalue weighted by molar-refractivity contribution is -0.122. The fourth-order valence-electron chi connectivity index (χ4n) is 2.41. The Bertz CT molecular complexity index is 734. The predicted octanol–water partition coefficient (Wildman–Crippen LogP) is 4.18. The molecule has 0 unspecified atom stereocenters. The van der Waals surface area contributed by atoms with Crippen LogP contribution in [0.1, 0.15) is 22.3 Å². The minimum absolute atomic E-state index is 0.00170. The Hall–Kier alpha value is -2.01. The van der Waals surface area contributed by atoms with Crippen molar-refractivity contribution in [2.75, 3.05) is 18.9 Å². The number of carbonyl (C=O) groups excluding carboxylic acids is 1. The van der Waals surface area contributed by atoms with E-state index >= 15 is 0 Å². The van der Waals surface area contributed by atoms with Gasteiger partial charge in [-0.15, -0.1) is 0 Å². The molecule has 3 nitrogen and oxygen atoms in total. The van der Waals surface area contributed by atoms with Crippen molar-refractivity contribution in [3.8, 4) is 5.75 Å². The average molecular weight is 361 g/mol. The average Bonchev–Trinajstić information content (AvgIpc) is 2.58. The Balaban J connectivity index is 1.67. The van der Waals surface area contributed by atoms with Crippen LogP contribution in [0.5, 0.6) is 5.75 Å². The highest BCUT2D eigenvalue weighted by Gasteiger charge is 2.07. The first-order chi connectivity index (χ1) is 12.0. The second kappa shape index (κ2) is 9.47. The molecule has 134 valence electrons. The molecule has 0 aliphatic carbocycles. The van der Waals surface area contributed by atoms with Crippen LogP contribution in [0.15, 0.2) is 36.4 Å². The Labute approximate surface area is 153 Å². The van der Waals surface area contributed by atoms with Crippen molar-refractivity contribution >= 4 is 17.7 Å². The molecule has 0 aliphatic heterocycles. The monoisotopic (exact) mass is 361 g/mol. The summed E-state index contributed by atoms with van der Waals surface area (Å²) < 4.78 is 19.1. The van der Waals surface area contributed by atoms with Gasteiger partial charge in [0, 0.05) is 18.1 Å². The van der Waals surface area contributed by atoms with Crippen molar-refractivity contribution in [3.05, 3.63) is 64.5 Å². The van der Waals surface area contributed by atoms with E-state index in [1.807, 2.05) is 32.9 Å². The fraction of sp³-hybridized carbons (Fsp3) is 0.350. The van der Waals surface area contributed by atoms with E-state index in [9.17, 15) is 9.18 Å². The van der Waals surface area contributed by atoms with E-state index in [4.69, 9.17) is 4.74 Å². The molecule has 2 aromatic carbocycles. The molecular weight excluding hydrogens is 337 g/mol. The number of nitrogens with one attached hydrogen (secondary N) is 1. The molecule has 0 spiro atoms. The highest BCUT2D eigenvalue weighted by atomic mass is 32.2. The van der Waals surface area contributed by atoms with E-state index in [1.54, 1.807) is 23.9 Å². The van der Waals surface area contributed by atoms with Crippen LogP contribution in [0.3, 0.4) is 0 Å². The lowest BCUT2D eigenvalue weighted by Gasteiger charge is -2.12. The van der Waals surface area contributed by atoms with E-state index < -0.39 is 0 Å². The van der Waals surface area contributed by atoms with E-state index in [1.165, 1.54) is 6.07 Å². The molecule has 0 atom stereocenters. The molecule has 0 heterocycles. The van der Waals surface area contributed by atoms with Crippen LogP contribution in [-0.4, -0.2) is 24.8 Å². The Morgan fingerprint density at radius 2 is 1.96 bits per heavy atom. The highest BCUT2D eigenvalue weighted by Crippen LogP contribution is 2.23. The first-order valence-electron chi connectivity index (χ1n) is 8.26. The maximum Gasteiger partial charge on any atom is 0.257 e. The number of carbonyl (C=O) groups is 1. The molecular formula is C20H24FNO2S. The quantitative estimate of drug-likeness (QED) is 0.717. The van der Waals surface area contributed by atoms with Gasteiger partial charge in [0.2, 0.25) is 0 Å². The maximum atomic E-state index is 13.5.